The summed E-state index contributed by atoms with van der Waals surface area (Å²) in [5.74, 6) is -0.0829. The van der Waals surface area contributed by atoms with Crippen molar-refractivity contribution < 1.29 is 22.7 Å². The van der Waals surface area contributed by atoms with Crippen molar-refractivity contribution in [1.82, 2.24) is 9.21 Å². The van der Waals surface area contributed by atoms with E-state index in [1.165, 1.54) is 22.5 Å². The van der Waals surface area contributed by atoms with E-state index in [4.69, 9.17) is 16.3 Å². The predicted octanol–water partition coefficient (Wildman–Crippen LogP) is 2.21. The Balaban J connectivity index is 1.47. The molecule has 2 heterocycles. The Morgan fingerprint density at radius 3 is 2.57 bits per heavy atom. The van der Waals surface area contributed by atoms with Crippen LogP contribution in [0.2, 0.25) is 5.02 Å². The van der Waals surface area contributed by atoms with Crippen LogP contribution in [0.1, 0.15) is 17.3 Å². The van der Waals surface area contributed by atoms with Crippen molar-refractivity contribution in [2.45, 2.75) is 17.9 Å². The maximum absolute atomic E-state index is 13.1. The number of fused-ring (bicyclic) bond motifs is 1. The molecule has 4 rings (SSSR count). The zero-order chi connectivity index (χ0) is 21.5. The molecule has 0 unspecified atom stereocenters. The fraction of sp³-hybridized carbons (Fsp3) is 0.300. The molecule has 158 valence electrons. The Morgan fingerprint density at radius 2 is 1.87 bits per heavy atom. The topological polar surface area (TPSA) is 96.0 Å². The number of nitrogens with one attached hydrogen (secondary N) is 1. The maximum Gasteiger partial charge on any atom is 0.265 e. The molecule has 10 heteroatoms. The molecule has 1 N–H and O–H groups in total. The number of rotatable bonds is 3. The van der Waals surface area contributed by atoms with Crippen molar-refractivity contribution in [2.75, 3.05) is 31.5 Å². The number of halogens is 1. The highest BCUT2D eigenvalue weighted by molar-refractivity contribution is 7.89. The lowest BCUT2D eigenvalue weighted by Crippen LogP contribution is -2.50. The van der Waals surface area contributed by atoms with E-state index in [0.717, 1.165) is 0 Å². The lowest BCUT2D eigenvalue weighted by molar-refractivity contribution is -0.122. The molecule has 0 bridgehead atoms. The summed E-state index contributed by atoms with van der Waals surface area (Å²) in [5.41, 5.74) is 0.799. The second-order valence-corrected chi connectivity index (χ2v) is 9.49. The van der Waals surface area contributed by atoms with Crippen LogP contribution in [-0.2, 0) is 14.8 Å². The summed E-state index contributed by atoms with van der Waals surface area (Å²) < 4.78 is 32.9. The van der Waals surface area contributed by atoms with Crippen molar-refractivity contribution in [3.05, 3.63) is 53.1 Å². The van der Waals surface area contributed by atoms with Crippen molar-refractivity contribution in [3.8, 4) is 5.75 Å². The van der Waals surface area contributed by atoms with Crippen LogP contribution in [0.3, 0.4) is 0 Å². The van der Waals surface area contributed by atoms with E-state index >= 15 is 0 Å². The van der Waals surface area contributed by atoms with Gasteiger partial charge in [0.2, 0.25) is 10.0 Å². The first-order valence-corrected chi connectivity index (χ1v) is 11.2. The zero-order valence-corrected chi connectivity index (χ0v) is 17.7. The van der Waals surface area contributed by atoms with Crippen LogP contribution < -0.4 is 10.1 Å². The Morgan fingerprint density at radius 1 is 1.13 bits per heavy atom. The first-order valence-electron chi connectivity index (χ1n) is 9.42. The molecule has 0 spiro atoms. The number of piperazine rings is 1. The van der Waals surface area contributed by atoms with Crippen LogP contribution in [0.5, 0.6) is 5.75 Å². The first kappa shape index (κ1) is 20.6. The van der Waals surface area contributed by atoms with Crippen LogP contribution in [0.15, 0.2) is 47.4 Å². The number of carbonyl (C=O) groups is 2. The lowest BCUT2D eigenvalue weighted by Gasteiger charge is -2.34. The van der Waals surface area contributed by atoms with Gasteiger partial charge in [-0.3, -0.25) is 9.59 Å². The quantitative estimate of drug-likeness (QED) is 0.775. The van der Waals surface area contributed by atoms with Gasteiger partial charge in [-0.1, -0.05) is 17.7 Å². The molecule has 2 aliphatic heterocycles. The summed E-state index contributed by atoms with van der Waals surface area (Å²) in [5, 5.41) is 3.13. The minimum absolute atomic E-state index is 0.0642. The number of sulfonamides is 1. The van der Waals surface area contributed by atoms with Crippen LogP contribution >= 0.6 is 11.6 Å². The van der Waals surface area contributed by atoms with Gasteiger partial charge in [-0.15, -0.1) is 0 Å². The number of ether oxygens (including phenoxy) is 1. The smallest absolute Gasteiger partial charge is 0.265 e. The van der Waals surface area contributed by atoms with Crippen molar-refractivity contribution in [2.24, 2.45) is 0 Å². The number of hydrogen-bond donors (Lipinski definition) is 1. The van der Waals surface area contributed by atoms with Crippen molar-refractivity contribution in [1.29, 1.82) is 0 Å². The Bertz CT molecular complexity index is 1110. The number of hydrogen-bond acceptors (Lipinski definition) is 5. The third-order valence-electron chi connectivity index (χ3n) is 5.12. The molecule has 1 atom stereocenters. The molecule has 2 aromatic carbocycles. The SMILES string of the molecule is C[C@H]1Oc2ccc(S(=O)(=O)N3CCN(C(=O)c4cccc(Cl)c4)CC3)cc2NC1=O. The summed E-state index contributed by atoms with van der Waals surface area (Å²) in [6, 6.07) is 11.1. The molecule has 2 amide bonds. The van der Waals surface area contributed by atoms with Crippen LogP contribution in [0.4, 0.5) is 5.69 Å². The summed E-state index contributed by atoms with van der Waals surface area (Å²) in [6.07, 6.45) is -0.634. The minimum atomic E-state index is -3.78. The lowest BCUT2D eigenvalue weighted by atomic mass is 10.2. The Kier molecular flexibility index (Phi) is 5.44. The molecule has 2 aromatic rings. The molecule has 0 saturated carbocycles. The number of benzene rings is 2. The van der Waals surface area contributed by atoms with E-state index in [1.54, 1.807) is 36.1 Å². The van der Waals surface area contributed by atoms with Gasteiger partial charge in [0.25, 0.3) is 11.8 Å². The van der Waals surface area contributed by atoms with Gasteiger partial charge in [-0.25, -0.2) is 8.42 Å². The van der Waals surface area contributed by atoms with Crippen molar-refractivity contribution >= 4 is 39.1 Å². The van der Waals surface area contributed by atoms with E-state index in [2.05, 4.69) is 5.32 Å². The van der Waals surface area contributed by atoms with Crippen LogP contribution in [0, 0.1) is 0 Å². The van der Waals surface area contributed by atoms with E-state index in [0.29, 0.717) is 22.0 Å². The van der Waals surface area contributed by atoms with E-state index in [9.17, 15) is 18.0 Å². The summed E-state index contributed by atoms with van der Waals surface area (Å²) >= 11 is 5.95. The summed E-state index contributed by atoms with van der Waals surface area (Å²) in [6.45, 7) is 2.50. The van der Waals surface area contributed by atoms with Gasteiger partial charge >= 0.3 is 0 Å². The number of amides is 2. The fourth-order valence-electron chi connectivity index (χ4n) is 3.43. The number of carbonyl (C=O) groups excluding carboxylic acids is 2. The minimum Gasteiger partial charge on any atom is -0.479 e. The predicted molar refractivity (Wildman–Crippen MR) is 111 cm³/mol. The van der Waals surface area contributed by atoms with Gasteiger partial charge in [0.05, 0.1) is 10.6 Å². The van der Waals surface area contributed by atoms with E-state index < -0.39 is 16.1 Å². The second-order valence-electron chi connectivity index (χ2n) is 7.11. The monoisotopic (exact) mass is 449 g/mol. The highest BCUT2D eigenvalue weighted by atomic mass is 35.5. The Labute approximate surface area is 179 Å². The molecular formula is C20H20ClN3O5S. The van der Waals surface area contributed by atoms with Gasteiger partial charge in [-0.2, -0.15) is 4.31 Å². The third kappa shape index (κ3) is 3.88. The Hall–Kier alpha value is -2.62. The van der Waals surface area contributed by atoms with Gasteiger partial charge in [0.1, 0.15) is 5.75 Å². The van der Waals surface area contributed by atoms with Gasteiger partial charge < -0.3 is 15.0 Å². The molecule has 0 aromatic heterocycles. The number of nitrogens with zero attached hydrogens (tertiary/aromatic N) is 2. The van der Waals surface area contributed by atoms with Gasteiger partial charge in [0.15, 0.2) is 6.10 Å². The second kappa shape index (κ2) is 7.90. The number of anilines is 1. The molecular weight excluding hydrogens is 430 g/mol. The first-order chi connectivity index (χ1) is 14.3. The average Bonchev–Trinajstić information content (AvgIpc) is 2.74. The normalized spacial score (nSPS) is 19.6. The highest BCUT2D eigenvalue weighted by Gasteiger charge is 2.32. The average molecular weight is 450 g/mol. The highest BCUT2D eigenvalue weighted by Crippen LogP contribution is 2.33. The summed E-state index contributed by atoms with van der Waals surface area (Å²) in [7, 11) is -3.78. The van der Waals surface area contributed by atoms with Gasteiger partial charge in [0, 0.05) is 36.8 Å². The molecule has 30 heavy (non-hydrogen) atoms. The van der Waals surface area contributed by atoms with Crippen LogP contribution in [-0.4, -0.2) is 61.7 Å². The van der Waals surface area contributed by atoms with Crippen molar-refractivity contribution in [3.63, 3.8) is 0 Å². The largest absolute Gasteiger partial charge is 0.479 e. The zero-order valence-electron chi connectivity index (χ0n) is 16.2. The van der Waals surface area contributed by atoms with Gasteiger partial charge in [-0.05, 0) is 43.3 Å². The molecule has 8 nitrogen and oxygen atoms in total. The molecule has 1 saturated heterocycles. The maximum atomic E-state index is 13.1. The summed E-state index contributed by atoms with van der Waals surface area (Å²) in [4.78, 5) is 26.1. The third-order valence-corrected chi connectivity index (χ3v) is 7.25. The molecule has 0 aliphatic carbocycles. The molecule has 1 fully saturated rings. The molecule has 2 aliphatic rings. The van der Waals surface area contributed by atoms with E-state index in [-0.39, 0.29) is 42.9 Å². The standard InChI is InChI=1S/C20H20ClN3O5S/c1-13-19(25)22-17-12-16(5-6-18(17)29-13)30(27,28)24-9-7-23(8-10-24)20(26)14-3-2-4-15(21)11-14/h2-6,11-13H,7-10H2,1H3,(H,22,25)/t13-/m1/s1. The van der Waals surface area contributed by atoms with Crippen LogP contribution in [0.25, 0.3) is 0 Å². The van der Waals surface area contributed by atoms with E-state index in [1.807, 2.05) is 0 Å². The fourth-order valence-corrected chi connectivity index (χ4v) is 5.07. The molecule has 0 radical (unpaired) electrons.